The van der Waals surface area contributed by atoms with E-state index in [1.165, 1.54) is 30.5 Å². The lowest BCUT2D eigenvalue weighted by atomic mass is 10.2. The number of amides is 2. The van der Waals surface area contributed by atoms with E-state index >= 15 is 0 Å². The third kappa shape index (κ3) is 8.76. The minimum atomic E-state index is -0.418. The van der Waals surface area contributed by atoms with Gasteiger partial charge in [-0.05, 0) is 82.5 Å². The Morgan fingerprint density at radius 3 is 2.36 bits per heavy atom. The summed E-state index contributed by atoms with van der Waals surface area (Å²) in [6.07, 6.45) is 1.38. The first-order valence-electron chi connectivity index (χ1n) is 11.0. The van der Waals surface area contributed by atoms with Crippen LogP contribution in [-0.2, 0) is 16.2 Å². The van der Waals surface area contributed by atoms with Gasteiger partial charge in [-0.1, -0.05) is 28.1 Å². The summed E-state index contributed by atoms with van der Waals surface area (Å²) >= 11 is 6.94. The zero-order valence-electron chi connectivity index (χ0n) is 19.4. The van der Waals surface area contributed by atoms with Gasteiger partial charge >= 0.3 is 0 Å². The van der Waals surface area contributed by atoms with Crippen molar-refractivity contribution in [1.82, 2.24) is 5.43 Å². The van der Waals surface area contributed by atoms with Crippen LogP contribution in [0.5, 0.6) is 11.5 Å². The van der Waals surface area contributed by atoms with Crippen LogP contribution in [0.2, 0.25) is 0 Å². The quantitative estimate of drug-likeness (QED) is 0.197. The minimum absolute atomic E-state index is 0.0385. The van der Waals surface area contributed by atoms with Crippen LogP contribution >= 0.6 is 31.9 Å². The lowest BCUT2D eigenvalue weighted by molar-refractivity contribution is -0.124. The van der Waals surface area contributed by atoms with E-state index in [1.807, 2.05) is 31.2 Å². The van der Waals surface area contributed by atoms with E-state index in [-0.39, 0.29) is 18.7 Å². The van der Waals surface area contributed by atoms with E-state index < -0.39 is 11.7 Å². The molecule has 0 aliphatic rings. The van der Waals surface area contributed by atoms with E-state index in [0.717, 1.165) is 10.0 Å². The van der Waals surface area contributed by atoms with E-state index in [0.29, 0.717) is 40.4 Å². The first kappa shape index (κ1) is 27.3. The molecule has 0 unspecified atom stereocenters. The highest BCUT2D eigenvalue weighted by Crippen LogP contribution is 2.37. The molecule has 0 bridgehead atoms. The predicted octanol–water partition coefficient (Wildman–Crippen LogP) is 6.20. The largest absolute Gasteiger partial charge is 0.490 e. The third-order valence-corrected chi connectivity index (χ3v) is 5.86. The van der Waals surface area contributed by atoms with Gasteiger partial charge in [0.25, 0.3) is 0 Å². The van der Waals surface area contributed by atoms with Crippen LogP contribution in [0, 0.1) is 5.82 Å². The zero-order valence-corrected chi connectivity index (χ0v) is 22.6. The zero-order chi connectivity index (χ0) is 25.9. The Bertz CT molecular complexity index is 1220. The van der Waals surface area contributed by atoms with Crippen LogP contribution in [0.3, 0.4) is 0 Å². The number of carbonyl (C=O) groups is 2. The van der Waals surface area contributed by atoms with Crippen molar-refractivity contribution in [3.8, 4) is 11.5 Å². The van der Waals surface area contributed by atoms with Crippen molar-refractivity contribution in [3.63, 3.8) is 0 Å². The molecule has 0 atom stereocenters. The Labute approximate surface area is 225 Å². The summed E-state index contributed by atoms with van der Waals surface area (Å²) in [5, 5.41) is 6.57. The van der Waals surface area contributed by atoms with Gasteiger partial charge in [0.15, 0.2) is 11.5 Å². The van der Waals surface area contributed by atoms with E-state index in [4.69, 9.17) is 9.47 Å². The number of ether oxygens (including phenoxy) is 2. The Kier molecular flexibility index (Phi) is 10.4. The van der Waals surface area contributed by atoms with Crippen molar-refractivity contribution < 1.29 is 23.5 Å². The molecule has 3 aromatic rings. The van der Waals surface area contributed by atoms with Gasteiger partial charge in [-0.3, -0.25) is 9.59 Å². The van der Waals surface area contributed by atoms with Crippen molar-refractivity contribution in [3.05, 3.63) is 86.6 Å². The Morgan fingerprint density at radius 2 is 1.67 bits per heavy atom. The van der Waals surface area contributed by atoms with Crippen molar-refractivity contribution in [2.45, 2.75) is 26.4 Å². The number of anilines is 1. The molecule has 188 valence electrons. The van der Waals surface area contributed by atoms with Crippen LogP contribution in [0.1, 0.15) is 30.9 Å². The maximum Gasteiger partial charge on any atom is 0.240 e. The Morgan fingerprint density at radius 1 is 0.972 bits per heavy atom. The number of carbonyl (C=O) groups excluding carboxylic acids is 2. The van der Waals surface area contributed by atoms with Gasteiger partial charge in [-0.15, -0.1) is 0 Å². The minimum Gasteiger partial charge on any atom is -0.490 e. The van der Waals surface area contributed by atoms with Crippen molar-refractivity contribution in [2.24, 2.45) is 5.10 Å². The SMILES string of the molecule is CCOc1cc(C=NNC(=O)CCC(=O)Nc2ccc(F)cc2)cc(Br)c1OCc1ccc(Br)cc1. The van der Waals surface area contributed by atoms with Crippen molar-refractivity contribution >= 4 is 55.6 Å². The fourth-order valence-electron chi connectivity index (χ4n) is 3.02. The third-order valence-electron chi connectivity index (χ3n) is 4.74. The number of rotatable bonds is 11. The molecule has 10 heteroatoms. The summed E-state index contributed by atoms with van der Waals surface area (Å²) in [6.45, 7) is 2.68. The van der Waals surface area contributed by atoms with Crippen molar-refractivity contribution in [2.75, 3.05) is 11.9 Å². The number of nitrogens with zero attached hydrogens (tertiary/aromatic N) is 1. The molecule has 0 aliphatic carbocycles. The molecule has 36 heavy (non-hydrogen) atoms. The highest BCUT2D eigenvalue weighted by atomic mass is 79.9. The maximum absolute atomic E-state index is 12.9. The standard InChI is InChI=1S/C26H24Br2FN3O4/c1-2-35-23-14-18(13-22(28)26(23)36-16-17-3-5-19(27)6-4-17)15-30-32-25(34)12-11-24(33)31-21-9-7-20(29)8-10-21/h3-10,13-15H,2,11-12,16H2,1H3,(H,31,33)(H,32,34). The first-order valence-corrected chi connectivity index (χ1v) is 12.6. The first-order chi connectivity index (χ1) is 17.3. The number of hydrogen-bond donors (Lipinski definition) is 2. The lowest BCUT2D eigenvalue weighted by Gasteiger charge is -2.14. The molecule has 0 aromatic heterocycles. The molecule has 0 fully saturated rings. The van der Waals surface area contributed by atoms with Crippen LogP contribution in [0.25, 0.3) is 0 Å². The topological polar surface area (TPSA) is 89.0 Å². The molecule has 2 N–H and O–H groups in total. The van der Waals surface area contributed by atoms with Crippen LogP contribution in [0.4, 0.5) is 10.1 Å². The molecular formula is C26H24Br2FN3O4. The smallest absolute Gasteiger partial charge is 0.240 e. The molecule has 0 radical (unpaired) electrons. The van der Waals surface area contributed by atoms with Crippen LogP contribution < -0.4 is 20.2 Å². The maximum atomic E-state index is 12.9. The lowest BCUT2D eigenvalue weighted by Crippen LogP contribution is -2.20. The van der Waals surface area contributed by atoms with Crippen LogP contribution in [-0.4, -0.2) is 24.6 Å². The normalized spacial score (nSPS) is 10.8. The molecule has 7 nitrogen and oxygen atoms in total. The summed E-state index contributed by atoms with van der Waals surface area (Å²) in [7, 11) is 0. The summed E-state index contributed by atoms with van der Waals surface area (Å²) in [5.74, 6) is -0.0697. The Hall–Kier alpha value is -3.24. The number of halogens is 3. The highest BCUT2D eigenvalue weighted by Gasteiger charge is 2.13. The molecule has 0 heterocycles. The van der Waals surface area contributed by atoms with Gasteiger partial charge in [0.05, 0.1) is 17.3 Å². The molecular weight excluding hydrogens is 597 g/mol. The fourth-order valence-corrected chi connectivity index (χ4v) is 3.86. The second-order valence-electron chi connectivity index (χ2n) is 7.53. The second-order valence-corrected chi connectivity index (χ2v) is 9.30. The monoisotopic (exact) mass is 619 g/mol. The molecule has 0 aliphatic heterocycles. The van der Waals surface area contributed by atoms with Crippen molar-refractivity contribution in [1.29, 1.82) is 0 Å². The van der Waals surface area contributed by atoms with Gasteiger partial charge in [0.1, 0.15) is 12.4 Å². The second kappa shape index (κ2) is 13.7. The number of hydrogen-bond acceptors (Lipinski definition) is 5. The van der Waals surface area contributed by atoms with Gasteiger partial charge in [0.2, 0.25) is 11.8 Å². The molecule has 0 spiro atoms. The number of nitrogens with one attached hydrogen (secondary N) is 2. The molecule has 2 amide bonds. The Balaban J connectivity index is 1.53. The highest BCUT2D eigenvalue weighted by molar-refractivity contribution is 9.10. The van der Waals surface area contributed by atoms with E-state index in [1.54, 1.807) is 12.1 Å². The predicted molar refractivity (Wildman–Crippen MR) is 144 cm³/mol. The van der Waals surface area contributed by atoms with E-state index in [9.17, 15) is 14.0 Å². The summed E-state index contributed by atoms with van der Waals surface area (Å²) in [6, 6.07) is 16.8. The summed E-state index contributed by atoms with van der Waals surface area (Å²) in [4.78, 5) is 24.0. The average molecular weight is 621 g/mol. The average Bonchev–Trinajstić information content (AvgIpc) is 2.85. The summed E-state index contributed by atoms with van der Waals surface area (Å²) < 4.78 is 26.3. The fraction of sp³-hybridized carbons (Fsp3) is 0.192. The molecule has 0 saturated heterocycles. The molecule has 3 rings (SSSR count). The summed E-state index contributed by atoms with van der Waals surface area (Å²) in [5.41, 5.74) is 4.55. The number of hydrazone groups is 1. The number of benzene rings is 3. The molecule has 0 saturated carbocycles. The molecule has 3 aromatic carbocycles. The van der Waals surface area contributed by atoms with Gasteiger partial charge in [-0.25, -0.2) is 9.82 Å². The van der Waals surface area contributed by atoms with E-state index in [2.05, 4.69) is 47.7 Å². The van der Waals surface area contributed by atoms with Gasteiger partial charge in [-0.2, -0.15) is 5.10 Å². The van der Waals surface area contributed by atoms with Crippen LogP contribution in [0.15, 0.2) is 74.7 Å². The van der Waals surface area contributed by atoms with Gasteiger partial charge in [0, 0.05) is 23.0 Å². The van der Waals surface area contributed by atoms with Gasteiger partial charge < -0.3 is 14.8 Å².